The van der Waals surface area contributed by atoms with E-state index in [1.54, 1.807) is 41.9 Å². The molecule has 0 unspecified atom stereocenters. The van der Waals surface area contributed by atoms with Gasteiger partial charge in [-0.15, -0.1) is 0 Å². The average Bonchev–Trinajstić information content (AvgIpc) is 3.16. The highest BCUT2D eigenvalue weighted by Crippen LogP contribution is 2.20. The number of hydrogen-bond donors (Lipinski definition) is 0. The van der Waals surface area contributed by atoms with Crippen molar-refractivity contribution in [2.24, 2.45) is 0 Å². The highest BCUT2D eigenvalue weighted by molar-refractivity contribution is 7.89. The van der Waals surface area contributed by atoms with Crippen LogP contribution in [0.3, 0.4) is 0 Å². The van der Waals surface area contributed by atoms with Gasteiger partial charge in [-0.3, -0.25) is 0 Å². The maximum atomic E-state index is 12.7. The van der Waals surface area contributed by atoms with Gasteiger partial charge in [0.1, 0.15) is 5.75 Å². The molecule has 0 amide bonds. The SMILES string of the molecule is COc1ccc(S(=O)(=O)N2CCN(CCCn3ccnc3)CC2)cc1. The average molecular weight is 364 g/mol. The van der Waals surface area contributed by atoms with Crippen molar-refractivity contribution in [2.45, 2.75) is 17.9 Å². The van der Waals surface area contributed by atoms with Gasteiger partial charge in [-0.1, -0.05) is 0 Å². The van der Waals surface area contributed by atoms with Crippen molar-refractivity contribution in [2.75, 3.05) is 39.8 Å². The summed E-state index contributed by atoms with van der Waals surface area (Å²) in [6.07, 6.45) is 6.59. The Morgan fingerprint density at radius 3 is 2.40 bits per heavy atom. The molecule has 0 spiro atoms. The normalized spacial score (nSPS) is 16.8. The Morgan fingerprint density at radius 1 is 1.08 bits per heavy atom. The second-order valence-corrected chi connectivity index (χ2v) is 8.01. The van der Waals surface area contributed by atoms with E-state index in [0.717, 1.165) is 32.6 Å². The lowest BCUT2D eigenvalue weighted by molar-refractivity contribution is 0.184. The molecule has 0 N–H and O–H groups in total. The number of hydrogen-bond acceptors (Lipinski definition) is 5. The molecule has 8 heteroatoms. The van der Waals surface area contributed by atoms with E-state index in [2.05, 4.69) is 14.5 Å². The molecular formula is C17H24N4O3S. The van der Waals surface area contributed by atoms with Crippen LogP contribution in [-0.2, 0) is 16.6 Å². The third kappa shape index (κ3) is 4.39. The van der Waals surface area contributed by atoms with E-state index in [4.69, 9.17) is 4.74 Å². The minimum absolute atomic E-state index is 0.321. The fourth-order valence-electron chi connectivity index (χ4n) is 2.99. The summed E-state index contributed by atoms with van der Waals surface area (Å²) in [5.74, 6) is 0.654. The number of aryl methyl sites for hydroxylation is 1. The van der Waals surface area contributed by atoms with Gasteiger partial charge in [0.25, 0.3) is 0 Å². The molecule has 136 valence electrons. The highest BCUT2D eigenvalue weighted by Gasteiger charge is 2.28. The van der Waals surface area contributed by atoms with Gasteiger partial charge in [0, 0.05) is 45.1 Å². The molecule has 1 aromatic heterocycles. The Morgan fingerprint density at radius 2 is 1.80 bits per heavy atom. The second-order valence-electron chi connectivity index (χ2n) is 6.08. The molecule has 3 rings (SSSR count). The lowest BCUT2D eigenvalue weighted by Crippen LogP contribution is -2.48. The van der Waals surface area contributed by atoms with Gasteiger partial charge in [0.15, 0.2) is 0 Å². The first-order valence-electron chi connectivity index (χ1n) is 8.42. The van der Waals surface area contributed by atoms with Gasteiger partial charge in [0.05, 0.1) is 18.3 Å². The minimum Gasteiger partial charge on any atom is -0.497 e. The summed E-state index contributed by atoms with van der Waals surface area (Å²) in [6, 6.07) is 6.57. The number of sulfonamides is 1. The Labute approximate surface area is 148 Å². The summed E-state index contributed by atoms with van der Waals surface area (Å²) >= 11 is 0. The lowest BCUT2D eigenvalue weighted by atomic mass is 10.3. The zero-order valence-electron chi connectivity index (χ0n) is 14.4. The molecule has 1 aliphatic rings. The summed E-state index contributed by atoms with van der Waals surface area (Å²) in [7, 11) is -1.86. The van der Waals surface area contributed by atoms with Crippen molar-refractivity contribution in [3.8, 4) is 5.75 Å². The van der Waals surface area contributed by atoms with Crippen molar-refractivity contribution in [3.05, 3.63) is 43.0 Å². The zero-order valence-corrected chi connectivity index (χ0v) is 15.2. The van der Waals surface area contributed by atoms with Crippen LogP contribution >= 0.6 is 0 Å². The predicted octanol–water partition coefficient (Wildman–Crippen LogP) is 1.29. The summed E-state index contributed by atoms with van der Waals surface area (Å²) in [6.45, 7) is 4.48. The molecule has 0 aliphatic carbocycles. The van der Waals surface area contributed by atoms with Crippen molar-refractivity contribution in [1.29, 1.82) is 0 Å². The van der Waals surface area contributed by atoms with E-state index < -0.39 is 10.0 Å². The van der Waals surface area contributed by atoms with Crippen molar-refractivity contribution in [3.63, 3.8) is 0 Å². The molecule has 0 atom stereocenters. The number of piperazine rings is 1. The molecule has 7 nitrogen and oxygen atoms in total. The number of imidazole rings is 1. The second kappa shape index (κ2) is 7.99. The van der Waals surface area contributed by atoms with Gasteiger partial charge < -0.3 is 14.2 Å². The smallest absolute Gasteiger partial charge is 0.243 e. The van der Waals surface area contributed by atoms with Gasteiger partial charge in [-0.2, -0.15) is 4.31 Å². The lowest BCUT2D eigenvalue weighted by Gasteiger charge is -2.34. The summed E-state index contributed by atoms with van der Waals surface area (Å²) in [5.41, 5.74) is 0. The van der Waals surface area contributed by atoms with Crippen LogP contribution < -0.4 is 4.74 Å². The van der Waals surface area contributed by atoms with E-state index in [-0.39, 0.29) is 0 Å². The minimum atomic E-state index is -3.43. The maximum absolute atomic E-state index is 12.7. The number of aromatic nitrogens is 2. The molecular weight excluding hydrogens is 340 g/mol. The van der Waals surface area contributed by atoms with Gasteiger partial charge >= 0.3 is 0 Å². The van der Waals surface area contributed by atoms with Crippen LogP contribution in [0.25, 0.3) is 0 Å². The Hall–Kier alpha value is -1.90. The van der Waals surface area contributed by atoms with Crippen LogP contribution in [0.4, 0.5) is 0 Å². The van der Waals surface area contributed by atoms with Gasteiger partial charge in [-0.05, 0) is 37.2 Å². The summed E-state index contributed by atoms with van der Waals surface area (Å²) in [5, 5.41) is 0. The van der Waals surface area contributed by atoms with Crippen molar-refractivity contribution < 1.29 is 13.2 Å². The molecule has 1 aromatic carbocycles. The number of ether oxygens (including phenoxy) is 1. The van der Waals surface area contributed by atoms with Crippen LogP contribution in [0.5, 0.6) is 5.75 Å². The van der Waals surface area contributed by atoms with E-state index in [1.807, 2.05) is 12.5 Å². The fraction of sp³-hybridized carbons (Fsp3) is 0.471. The van der Waals surface area contributed by atoms with Crippen LogP contribution in [-0.4, -0.2) is 67.0 Å². The third-order valence-corrected chi connectivity index (χ3v) is 6.39. The van der Waals surface area contributed by atoms with Crippen molar-refractivity contribution in [1.82, 2.24) is 18.8 Å². The Bertz CT molecular complexity index is 752. The van der Waals surface area contributed by atoms with Crippen LogP contribution in [0, 0.1) is 0 Å². The first kappa shape index (κ1) is 17.9. The monoisotopic (exact) mass is 364 g/mol. The fourth-order valence-corrected chi connectivity index (χ4v) is 4.41. The van der Waals surface area contributed by atoms with Crippen LogP contribution in [0.2, 0.25) is 0 Å². The van der Waals surface area contributed by atoms with Crippen LogP contribution in [0.15, 0.2) is 47.9 Å². The van der Waals surface area contributed by atoms with E-state index in [1.165, 1.54) is 0 Å². The molecule has 1 aliphatic heterocycles. The topological polar surface area (TPSA) is 67.7 Å². The predicted molar refractivity (Wildman–Crippen MR) is 95.0 cm³/mol. The zero-order chi connectivity index (χ0) is 17.7. The van der Waals surface area contributed by atoms with E-state index >= 15 is 0 Å². The van der Waals surface area contributed by atoms with Gasteiger partial charge in [0.2, 0.25) is 10.0 Å². The number of nitrogens with zero attached hydrogens (tertiary/aromatic N) is 4. The highest BCUT2D eigenvalue weighted by atomic mass is 32.2. The molecule has 0 bridgehead atoms. The number of benzene rings is 1. The third-order valence-electron chi connectivity index (χ3n) is 4.48. The molecule has 0 saturated carbocycles. The Balaban J connectivity index is 1.50. The van der Waals surface area contributed by atoms with Gasteiger partial charge in [-0.25, -0.2) is 13.4 Å². The largest absolute Gasteiger partial charge is 0.497 e. The Kier molecular flexibility index (Phi) is 5.72. The molecule has 2 heterocycles. The molecule has 1 saturated heterocycles. The van der Waals surface area contributed by atoms with Crippen LogP contribution in [0.1, 0.15) is 6.42 Å². The first-order chi connectivity index (χ1) is 12.1. The number of rotatable bonds is 7. The molecule has 25 heavy (non-hydrogen) atoms. The van der Waals surface area contributed by atoms with E-state index in [0.29, 0.717) is 23.7 Å². The molecule has 1 fully saturated rings. The first-order valence-corrected chi connectivity index (χ1v) is 9.86. The molecule has 0 radical (unpaired) electrons. The summed E-state index contributed by atoms with van der Waals surface area (Å²) in [4.78, 5) is 6.67. The maximum Gasteiger partial charge on any atom is 0.243 e. The van der Waals surface area contributed by atoms with E-state index in [9.17, 15) is 8.42 Å². The summed E-state index contributed by atoms with van der Waals surface area (Å²) < 4.78 is 34.2. The molecule has 2 aromatic rings. The number of methoxy groups -OCH3 is 1. The van der Waals surface area contributed by atoms with Crippen molar-refractivity contribution >= 4 is 10.0 Å². The standard InChI is InChI=1S/C17H24N4O3S/c1-24-16-3-5-17(6-4-16)25(22,23)21-13-11-19(12-14-21)8-2-9-20-10-7-18-15-20/h3-7,10,15H,2,8-9,11-14H2,1H3. The quantitative estimate of drug-likeness (QED) is 0.741.